The van der Waals surface area contributed by atoms with E-state index in [9.17, 15) is 23.5 Å². The number of hydrogen-bond donors (Lipinski definition) is 1. The van der Waals surface area contributed by atoms with Gasteiger partial charge in [-0.05, 0) is 30.3 Å². The molecule has 4 rings (SSSR count). The van der Waals surface area contributed by atoms with Crippen LogP contribution in [0.5, 0.6) is 0 Å². The number of aromatic carboxylic acids is 1. The molecule has 1 saturated heterocycles. The summed E-state index contributed by atoms with van der Waals surface area (Å²) in [5.41, 5.74) is -0.794. The Balaban J connectivity index is 2.01. The zero-order valence-corrected chi connectivity index (χ0v) is 15.4. The van der Waals surface area contributed by atoms with Crippen molar-refractivity contribution in [3.63, 3.8) is 0 Å². The summed E-state index contributed by atoms with van der Waals surface area (Å²) in [5.74, 6) is -0.779. The van der Waals surface area contributed by atoms with Gasteiger partial charge in [0.25, 0.3) is 0 Å². The standard InChI is InChI=1S/C19H15F2N3O3S/c20-11-1-3-12(4-2-11)24-10-14(19(26)27)16(25)13-9-15(21)18(22-17(13)24)23-5-7-28-8-6-23/h1-4,9-10H,5-8H2,(H,26,27). The Morgan fingerprint density at radius 2 is 1.82 bits per heavy atom. The molecule has 144 valence electrons. The Morgan fingerprint density at radius 3 is 2.46 bits per heavy atom. The number of thioether (sulfide) groups is 1. The number of pyridine rings is 2. The van der Waals surface area contributed by atoms with E-state index in [1.807, 2.05) is 0 Å². The molecule has 0 radical (unpaired) electrons. The number of halogens is 2. The van der Waals surface area contributed by atoms with Gasteiger partial charge in [0, 0.05) is 36.5 Å². The molecule has 1 fully saturated rings. The second-order valence-electron chi connectivity index (χ2n) is 6.29. The fraction of sp³-hybridized carbons (Fsp3) is 0.211. The Labute approximate surface area is 162 Å². The van der Waals surface area contributed by atoms with Crippen molar-refractivity contribution in [1.29, 1.82) is 0 Å². The van der Waals surface area contributed by atoms with E-state index in [2.05, 4.69) is 4.98 Å². The van der Waals surface area contributed by atoms with E-state index < -0.39 is 28.6 Å². The molecule has 0 aliphatic carbocycles. The van der Waals surface area contributed by atoms with Crippen LogP contribution in [0.25, 0.3) is 16.7 Å². The molecule has 0 spiro atoms. The normalized spacial score (nSPS) is 14.4. The molecule has 0 atom stereocenters. The number of nitrogens with zero attached hydrogens (tertiary/aromatic N) is 3. The fourth-order valence-corrected chi connectivity index (χ4v) is 4.07. The van der Waals surface area contributed by atoms with Gasteiger partial charge in [-0.1, -0.05) is 0 Å². The van der Waals surface area contributed by atoms with Gasteiger partial charge in [-0.15, -0.1) is 0 Å². The summed E-state index contributed by atoms with van der Waals surface area (Å²) in [7, 11) is 0. The lowest BCUT2D eigenvalue weighted by Gasteiger charge is -2.28. The zero-order valence-electron chi connectivity index (χ0n) is 14.6. The van der Waals surface area contributed by atoms with Crippen molar-refractivity contribution >= 4 is 34.6 Å². The van der Waals surface area contributed by atoms with Crippen LogP contribution in [0.2, 0.25) is 0 Å². The first-order valence-corrected chi connectivity index (χ1v) is 9.69. The average molecular weight is 403 g/mol. The molecule has 0 bridgehead atoms. The van der Waals surface area contributed by atoms with Crippen LogP contribution in [0.3, 0.4) is 0 Å². The van der Waals surface area contributed by atoms with Gasteiger partial charge < -0.3 is 14.6 Å². The van der Waals surface area contributed by atoms with E-state index in [4.69, 9.17) is 0 Å². The molecule has 1 aliphatic heterocycles. The van der Waals surface area contributed by atoms with Crippen molar-refractivity contribution in [1.82, 2.24) is 9.55 Å². The van der Waals surface area contributed by atoms with Crippen LogP contribution in [-0.2, 0) is 0 Å². The lowest BCUT2D eigenvalue weighted by atomic mass is 10.1. The minimum atomic E-state index is -1.43. The largest absolute Gasteiger partial charge is 0.477 e. The van der Waals surface area contributed by atoms with Gasteiger partial charge in [0.2, 0.25) is 5.43 Å². The van der Waals surface area contributed by atoms with Crippen molar-refractivity contribution in [2.45, 2.75) is 0 Å². The smallest absolute Gasteiger partial charge is 0.341 e. The van der Waals surface area contributed by atoms with Gasteiger partial charge in [0.1, 0.15) is 11.4 Å². The van der Waals surface area contributed by atoms with Crippen molar-refractivity contribution in [2.24, 2.45) is 0 Å². The number of benzene rings is 1. The van der Waals surface area contributed by atoms with E-state index in [1.165, 1.54) is 28.8 Å². The summed E-state index contributed by atoms with van der Waals surface area (Å²) in [5, 5.41) is 9.23. The van der Waals surface area contributed by atoms with Crippen molar-refractivity contribution < 1.29 is 18.7 Å². The van der Waals surface area contributed by atoms with Gasteiger partial charge in [0.15, 0.2) is 17.3 Å². The monoisotopic (exact) mass is 403 g/mol. The Morgan fingerprint density at radius 1 is 1.14 bits per heavy atom. The fourth-order valence-electron chi connectivity index (χ4n) is 3.16. The average Bonchev–Trinajstić information content (AvgIpc) is 2.69. The first-order chi connectivity index (χ1) is 13.5. The van der Waals surface area contributed by atoms with Gasteiger partial charge in [-0.25, -0.2) is 18.6 Å². The van der Waals surface area contributed by atoms with Crippen molar-refractivity contribution in [3.8, 4) is 5.69 Å². The summed E-state index contributed by atoms with van der Waals surface area (Å²) in [6, 6.07) is 6.34. The quantitative estimate of drug-likeness (QED) is 0.725. The molecule has 28 heavy (non-hydrogen) atoms. The number of hydrogen-bond acceptors (Lipinski definition) is 5. The number of rotatable bonds is 3. The Hall–Kier alpha value is -2.94. The second-order valence-corrected chi connectivity index (χ2v) is 7.51. The first-order valence-electron chi connectivity index (χ1n) is 8.53. The predicted molar refractivity (Wildman–Crippen MR) is 104 cm³/mol. The van der Waals surface area contributed by atoms with Crippen molar-refractivity contribution in [2.75, 3.05) is 29.5 Å². The number of carbonyl (C=O) groups is 1. The predicted octanol–water partition coefficient (Wildman–Crippen LogP) is 2.92. The van der Waals surface area contributed by atoms with Crippen LogP contribution < -0.4 is 10.3 Å². The van der Waals surface area contributed by atoms with Crippen LogP contribution in [0.4, 0.5) is 14.6 Å². The minimum absolute atomic E-state index is 0.117. The van der Waals surface area contributed by atoms with Gasteiger partial charge in [-0.3, -0.25) is 4.79 Å². The third kappa shape index (κ3) is 3.22. The Bertz CT molecular complexity index is 1130. The molecule has 3 aromatic rings. The van der Waals surface area contributed by atoms with Crippen LogP contribution in [0, 0.1) is 11.6 Å². The molecule has 9 heteroatoms. The molecule has 0 amide bonds. The zero-order chi connectivity index (χ0) is 19.8. The summed E-state index contributed by atoms with van der Waals surface area (Å²) < 4.78 is 29.4. The molecular formula is C19H15F2N3O3S. The molecule has 1 aromatic carbocycles. The number of fused-ring (bicyclic) bond motifs is 1. The van der Waals surface area contributed by atoms with Gasteiger partial charge in [0.05, 0.1) is 5.39 Å². The number of carboxylic acid groups (broad SMARTS) is 1. The third-order valence-electron chi connectivity index (χ3n) is 4.56. The Kier molecular flexibility index (Phi) is 4.76. The molecule has 1 N–H and O–H groups in total. The maximum Gasteiger partial charge on any atom is 0.341 e. The molecule has 1 aliphatic rings. The number of carboxylic acids is 1. The topological polar surface area (TPSA) is 75.4 Å². The molecular weight excluding hydrogens is 388 g/mol. The maximum atomic E-state index is 14.7. The lowest BCUT2D eigenvalue weighted by Crippen LogP contribution is -2.34. The van der Waals surface area contributed by atoms with Gasteiger partial charge in [-0.2, -0.15) is 11.8 Å². The maximum absolute atomic E-state index is 14.7. The van der Waals surface area contributed by atoms with Crippen LogP contribution >= 0.6 is 11.8 Å². The lowest BCUT2D eigenvalue weighted by molar-refractivity contribution is 0.0695. The van der Waals surface area contributed by atoms with Crippen LogP contribution in [0.15, 0.2) is 41.3 Å². The van der Waals surface area contributed by atoms with Crippen molar-refractivity contribution in [3.05, 3.63) is 63.9 Å². The summed E-state index contributed by atoms with van der Waals surface area (Å²) >= 11 is 1.76. The number of anilines is 1. The van der Waals surface area contributed by atoms with E-state index >= 15 is 0 Å². The number of aromatic nitrogens is 2. The van der Waals surface area contributed by atoms with Crippen LogP contribution in [-0.4, -0.2) is 45.2 Å². The molecule has 2 aromatic heterocycles. The highest BCUT2D eigenvalue weighted by molar-refractivity contribution is 7.99. The van der Waals surface area contributed by atoms with E-state index in [1.54, 1.807) is 16.7 Å². The van der Waals surface area contributed by atoms with Gasteiger partial charge >= 0.3 is 5.97 Å². The summed E-state index contributed by atoms with van der Waals surface area (Å²) in [6.45, 7) is 1.24. The third-order valence-corrected chi connectivity index (χ3v) is 5.50. The molecule has 3 heterocycles. The second kappa shape index (κ2) is 7.23. The van der Waals surface area contributed by atoms with Crippen LogP contribution in [0.1, 0.15) is 10.4 Å². The SMILES string of the molecule is O=C(O)c1cn(-c2ccc(F)cc2)c2nc(N3CCSCC3)c(F)cc2c1=O. The highest BCUT2D eigenvalue weighted by Crippen LogP contribution is 2.25. The highest BCUT2D eigenvalue weighted by Gasteiger charge is 2.22. The molecule has 6 nitrogen and oxygen atoms in total. The van der Waals surface area contributed by atoms with E-state index in [-0.39, 0.29) is 16.9 Å². The van der Waals surface area contributed by atoms with E-state index in [0.717, 1.165) is 23.8 Å². The highest BCUT2D eigenvalue weighted by atomic mass is 32.2. The minimum Gasteiger partial charge on any atom is -0.477 e. The summed E-state index contributed by atoms with van der Waals surface area (Å²) in [6.07, 6.45) is 1.14. The first kappa shape index (κ1) is 18.4. The summed E-state index contributed by atoms with van der Waals surface area (Å²) in [4.78, 5) is 30.3. The molecule has 0 saturated carbocycles. The molecule has 0 unspecified atom stereocenters. The van der Waals surface area contributed by atoms with E-state index in [0.29, 0.717) is 18.8 Å².